The van der Waals surface area contributed by atoms with Crippen molar-refractivity contribution in [3.05, 3.63) is 35.4 Å². The quantitative estimate of drug-likeness (QED) is 0.793. The van der Waals surface area contributed by atoms with Gasteiger partial charge in [0.2, 0.25) is 0 Å². The summed E-state index contributed by atoms with van der Waals surface area (Å²) in [6, 6.07) is 8.10. The molecule has 0 aliphatic heterocycles. The summed E-state index contributed by atoms with van der Waals surface area (Å²) in [5.74, 6) is -0.911. The number of rotatable bonds is 3. The van der Waals surface area contributed by atoms with Gasteiger partial charge in [0.05, 0.1) is 5.92 Å². The summed E-state index contributed by atoms with van der Waals surface area (Å²) >= 11 is 0. The summed E-state index contributed by atoms with van der Waals surface area (Å²) in [7, 11) is 0. The number of halogens is 3. The molecule has 1 unspecified atom stereocenters. The predicted octanol–water partition coefficient (Wildman–Crippen LogP) is 4.65. The van der Waals surface area contributed by atoms with Gasteiger partial charge in [-0.05, 0) is 49.1 Å². The Bertz CT molecular complexity index is 527. The Balaban J connectivity index is 1.52. The minimum atomic E-state index is -4.10. The molecule has 0 radical (unpaired) electrons. The van der Waals surface area contributed by atoms with E-state index in [2.05, 4.69) is 12.1 Å². The van der Waals surface area contributed by atoms with E-state index in [4.69, 9.17) is 0 Å². The van der Waals surface area contributed by atoms with Crippen LogP contribution in [-0.2, 0) is 11.2 Å². The minimum Gasteiger partial charge on any atom is -0.299 e. The molecule has 1 nitrogen and oxygen atoms in total. The molecule has 1 aromatic carbocycles. The van der Waals surface area contributed by atoms with Crippen LogP contribution in [0.15, 0.2) is 24.3 Å². The van der Waals surface area contributed by atoms with Crippen molar-refractivity contribution in [1.29, 1.82) is 0 Å². The Morgan fingerprint density at radius 2 is 1.76 bits per heavy atom. The first-order valence-electron chi connectivity index (χ1n) is 7.62. The van der Waals surface area contributed by atoms with Crippen molar-refractivity contribution in [2.75, 3.05) is 0 Å². The van der Waals surface area contributed by atoms with Crippen LogP contribution in [0.1, 0.15) is 49.1 Å². The summed E-state index contributed by atoms with van der Waals surface area (Å²) in [6.45, 7) is 0. The largest absolute Gasteiger partial charge is 0.391 e. The molecule has 1 aromatic rings. The fourth-order valence-electron chi connectivity index (χ4n) is 3.70. The molecule has 0 spiro atoms. The Kier molecular flexibility index (Phi) is 3.80. The standard InChI is InChI=1S/C17H19F3O/c18-17(19,20)14-7-5-11(6-8-14)16(21)10-13-9-12-3-1-2-4-15(12)13/h1-4,11,13-14H,5-10H2. The van der Waals surface area contributed by atoms with Crippen LogP contribution >= 0.6 is 0 Å². The fourth-order valence-corrected chi connectivity index (χ4v) is 3.70. The van der Waals surface area contributed by atoms with Crippen molar-refractivity contribution in [1.82, 2.24) is 0 Å². The van der Waals surface area contributed by atoms with Gasteiger partial charge in [-0.3, -0.25) is 4.79 Å². The molecule has 1 fully saturated rings. The van der Waals surface area contributed by atoms with E-state index in [1.54, 1.807) is 0 Å². The van der Waals surface area contributed by atoms with Gasteiger partial charge in [0.1, 0.15) is 5.78 Å². The van der Waals surface area contributed by atoms with Crippen molar-refractivity contribution in [3.8, 4) is 0 Å². The first-order valence-corrected chi connectivity index (χ1v) is 7.62. The number of Topliss-reactive ketones (excluding diaryl/α,β-unsaturated/α-hetero) is 1. The second-order valence-electron chi connectivity index (χ2n) is 6.36. The maximum absolute atomic E-state index is 12.6. The molecule has 0 N–H and O–H groups in total. The second kappa shape index (κ2) is 5.47. The number of carbonyl (C=O) groups excluding carboxylic acids is 1. The van der Waals surface area contributed by atoms with Gasteiger partial charge in [-0.2, -0.15) is 13.2 Å². The van der Waals surface area contributed by atoms with Gasteiger partial charge in [0.25, 0.3) is 0 Å². The molecule has 0 saturated heterocycles. The van der Waals surface area contributed by atoms with E-state index in [0.717, 1.165) is 6.42 Å². The van der Waals surface area contributed by atoms with Crippen molar-refractivity contribution in [2.45, 2.75) is 50.6 Å². The van der Waals surface area contributed by atoms with Crippen LogP contribution in [0.5, 0.6) is 0 Å². The minimum absolute atomic E-state index is 0.112. The number of carbonyl (C=O) groups is 1. The van der Waals surface area contributed by atoms with Gasteiger partial charge in [-0.1, -0.05) is 24.3 Å². The van der Waals surface area contributed by atoms with E-state index in [0.29, 0.717) is 19.3 Å². The molecule has 0 aromatic heterocycles. The molecule has 21 heavy (non-hydrogen) atoms. The number of ketones is 1. The molecule has 0 amide bonds. The lowest BCUT2D eigenvalue weighted by Crippen LogP contribution is -2.31. The first kappa shape index (κ1) is 14.6. The van der Waals surface area contributed by atoms with Crippen LogP contribution in [0.2, 0.25) is 0 Å². The van der Waals surface area contributed by atoms with E-state index in [-0.39, 0.29) is 30.5 Å². The van der Waals surface area contributed by atoms with Gasteiger partial charge in [0, 0.05) is 12.3 Å². The van der Waals surface area contributed by atoms with E-state index >= 15 is 0 Å². The zero-order valence-electron chi connectivity index (χ0n) is 11.8. The van der Waals surface area contributed by atoms with Gasteiger partial charge >= 0.3 is 6.18 Å². The first-order chi connectivity index (χ1) is 9.95. The van der Waals surface area contributed by atoms with E-state index in [9.17, 15) is 18.0 Å². The number of hydrogen-bond acceptors (Lipinski definition) is 1. The van der Waals surface area contributed by atoms with E-state index < -0.39 is 12.1 Å². The van der Waals surface area contributed by atoms with Gasteiger partial charge in [0.15, 0.2) is 0 Å². The number of alkyl halides is 3. The highest BCUT2D eigenvalue weighted by atomic mass is 19.4. The Hall–Kier alpha value is -1.32. The number of fused-ring (bicyclic) bond motifs is 1. The van der Waals surface area contributed by atoms with Crippen LogP contribution < -0.4 is 0 Å². The average Bonchev–Trinajstić information content (AvgIpc) is 2.44. The molecule has 2 aliphatic carbocycles. The molecule has 2 aliphatic rings. The topological polar surface area (TPSA) is 17.1 Å². The third-order valence-electron chi connectivity index (χ3n) is 5.05. The molecular formula is C17H19F3O. The van der Waals surface area contributed by atoms with Crippen LogP contribution in [-0.4, -0.2) is 12.0 Å². The molecule has 1 atom stereocenters. The summed E-state index contributed by atoms with van der Waals surface area (Å²) < 4.78 is 37.9. The lowest BCUT2D eigenvalue weighted by atomic mass is 9.72. The monoisotopic (exact) mass is 296 g/mol. The number of benzene rings is 1. The molecule has 4 heteroatoms. The van der Waals surface area contributed by atoms with Crippen LogP contribution in [0.3, 0.4) is 0 Å². The predicted molar refractivity (Wildman–Crippen MR) is 74.0 cm³/mol. The smallest absolute Gasteiger partial charge is 0.299 e. The summed E-state index contributed by atoms with van der Waals surface area (Å²) in [5, 5.41) is 0. The normalized spacial score (nSPS) is 28.6. The Labute approximate surface area is 122 Å². The Morgan fingerprint density at radius 3 is 2.38 bits per heavy atom. The summed E-state index contributed by atoms with van der Waals surface area (Å²) in [6.07, 6.45) is -1.64. The van der Waals surface area contributed by atoms with Gasteiger partial charge in [-0.25, -0.2) is 0 Å². The van der Waals surface area contributed by atoms with Gasteiger partial charge in [-0.15, -0.1) is 0 Å². The molecule has 3 rings (SSSR count). The molecule has 114 valence electrons. The van der Waals surface area contributed by atoms with Crippen LogP contribution in [0, 0.1) is 11.8 Å². The molecule has 0 bridgehead atoms. The lowest BCUT2D eigenvalue weighted by Gasteiger charge is -2.33. The molecular weight excluding hydrogens is 277 g/mol. The van der Waals surface area contributed by atoms with E-state index in [1.165, 1.54) is 11.1 Å². The maximum atomic E-state index is 12.6. The van der Waals surface area contributed by atoms with Crippen molar-refractivity contribution in [2.24, 2.45) is 11.8 Å². The number of hydrogen-bond donors (Lipinski definition) is 0. The maximum Gasteiger partial charge on any atom is 0.391 e. The van der Waals surface area contributed by atoms with Crippen molar-refractivity contribution in [3.63, 3.8) is 0 Å². The third kappa shape index (κ3) is 2.99. The highest BCUT2D eigenvalue weighted by molar-refractivity contribution is 5.82. The van der Waals surface area contributed by atoms with Crippen LogP contribution in [0.4, 0.5) is 13.2 Å². The van der Waals surface area contributed by atoms with E-state index in [1.807, 2.05) is 12.1 Å². The zero-order chi connectivity index (χ0) is 15.0. The molecule has 1 saturated carbocycles. The van der Waals surface area contributed by atoms with Gasteiger partial charge < -0.3 is 0 Å². The highest BCUT2D eigenvalue weighted by Crippen LogP contribution is 2.42. The SMILES string of the molecule is O=C(CC1Cc2ccccc21)C1CCC(C(F)(F)F)CC1. The average molecular weight is 296 g/mol. The molecule has 0 heterocycles. The van der Waals surface area contributed by atoms with Crippen LogP contribution in [0.25, 0.3) is 0 Å². The zero-order valence-corrected chi connectivity index (χ0v) is 11.8. The van der Waals surface area contributed by atoms with Crippen molar-refractivity contribution >= 4 is 5.78 Å². The summed E-state index contributed by atoms with van der Waals surface area (Å²) in [4.78, 5) is 12.3. The third-order valence-corrected chi connectivity index (χ3v) is 5.05. The lowest BCUT2D eigenvalue weighted by molar-refractivity contribution is -0.184. The summed E-state index contributed by atoms with van der Waals surface area (Å²) in [5.41, 5.74) is 2.55. The fraction of sp³-hybridized carbons (Fsp3) is 0.588. The Morgan fingerprint density at radius 1 is 1.10 bits per heavy atom. The van der Waals surface area contributed by atoms with Crippen molar-refractivity contribution < 1.29 is 18.0 Å². The second-order valence-corrected chi connectivity index (χ2v) is 6.36. The highest BCUT2D eigenvalue weighted by Gasteiger charge is 2.42.